The average Bonchev–Trinajstić information content (AvgIpc) is 3.00. The zero-order valence-corrected chi connectivity index (χ0v) is 11.4. The molecule has 0 amide bonds. The Kier molecular flexibility index (Phi) is 3.16. The lowest BCUT2D eigenvalue weighted by atomic mass is 10.2. The number of benzene rings is 2. The van der Waals surface area contributed by atoms with Crippen LogP contribution in [0, 0.1) is 0 Å². The van der Waals surface area contributed by atoms with Gasteiger partial charge in [-0.15, -0.1) is 0 Å². The fraction of sp³-hybridized carbons (Fsp3) is 0. The molecule has 3 aromatic rings. The molecule has 0 unspecified atom stereocenters. The summed E-state index contributed by atoms with van der Waals surface area (Å²) in [5.41, 5.74) is 0.849. The monoisotopic (exact) mass is 284 g/mol. The van der Waals surface area contributed by atoms with Gasteiger partial charge in [-0.3, -0.25) is 0 Å². The Hall–Kier alpha value is -2.33. The van der Waals surface area contributed by atoms with Crippen molar-refractivity contribution in [2.75, 3.05) is 0 Å². The fourth-order valence-electron chi connectivity index (χ4n) is 1.94. The van der Waals surface area contributed by atoms with Gasteiger partial charge in [-0.25, -0.2) is 8.42 Å². The molecule has 0 saturated carbocycles. The summed E-state index contributed by atoms with van der Waals surface area (Å²) in [5, 5.41) is -0.0393. The van der Waals surface area contributed by atoms with Gasteiger partial charge < -0.3 is 4.42 Å². The number of furan rings is 1. The van der Waals surface area contributed by atoms with Gasteiger partial charge in [0.1, 0.15) is 5.76 Å². The molecular formula is C16H12O3S. The van der Waals surface area contributed by atoms with E-state index in [1.165, 1.54) is 6.07 Å². The van der Waals surface area contributed by atoms with E-state index < -0.39 is 9.84 Å². The smallest absolute Gasteiger partial charge is 0.239 e. The Morgan fingerprint density at radius 2 is 1.30 bits per heavy atom. The summed E-state index contributed by atoms with van der Waals surface area (Å²) in [5.74, 6) is 0.542. The summed E-state index contributed by atoms with van der Waals surface area (Å²) in [4.78, 5) is 0.231. The second-order valence-corrected chi connectivity index (χ2v) is 6.18. The van der Waals surface area contributed by atoms with Crippen LogP contribution in [0.15, 0.2) is 87.2 Å². The van der Waals surface area contributed by atoms with Gasteiger partial charge in [0.15, 0.2) is 0 Å². The Morgan fingerprint density at radius 3 is 1.95 bits per heavy atom. The van der Waals surface area contributed by atoms with E-state index in [-0.39, 0.29) is 9.99 Å². The van der Waals surface area contributed by atoms with Gasteiger partial charge >= 0.3 is 0 Å². The molecule has 0 radical (unpaired) electrons. The van der Waals surface area contributed by atoms with Gasteiger partial charge in [0, 0.05) is 5.56 Å². The Morgan fingerprint density at radius 1 is 0.700 bits per heavy atom. The maximum atomic E-state index is 12.4. The van der Waals surface area contributed by atoms with Gasteiger partial charge in [-0.05, 0) is 24.3 Å². The van der Waals surface area contributed by atoms with Crippen LogP contribution in [0.5, 0.6) is 0 Å². The van der Waals surface area contributed by atoms with Gasteiger partial charge in [-0.1, -0.05) is 48.5 Å². The predicted octanol–water partition coefficient (Wildman–Crippen LogP) is 3.78. The van der Waals surface area contributed by atoms with Crippen LogP contribution in [0.1, 0.15) is 0 Å². The largest absolute Gasteiger partial charge is 0.444 e. The third-order valence-corrected chi connectivity index (χ3v) is 4.60. The van der Waals surface area contributed by atoms with Crippen LogP contribution in [0.2, 0.25) is 0 Å². The number of hydrogen-bond donors (Lipinski definition) is 0. The Balaban J connectivity index is 2.03. The van der Waals surface area contributed by atoms with Crippen molar-refractivity contribution >= 4 is 9.84 Å². The molecule has 3 rings (SSSR count). The minimum atomic E-state index is -3.59. The third-order valence-electron chi connectivity index (χ3n) is 2.96. The number of hydrogen-bond acceptors (Lipinski definition) is 3. The van der Waals surface area contributed by atoms with E-state index in [2.05, 4.69) is 0 Å². The summed E-state index contributed by atoms with van der Waals surface area (Å²) in [7, 11) is -3.59. The first-order valence-corrected chi connectivity index (χ1v) is 7.62. The van der Waals surface area contributed by atoms with Crippen molar-refractivity contribution < 1.29 is 12.8 Å². The molecule has 0 saturated heterocycles. The highest BCUT2D eigenvalue weighted by Gasteiger charge is 2.21. The van der Waals surface area contributed by atoms with Crippen LogP contribution in [0.3, 0.4) is 0 Å². The fourth-order valence-corrected chi connectivity index (χ4v) is 3.13. The number of rotatable bonds is 3. The van der Waals surface area contributed by atoms with Crippen molar-refractivity contribution in [2.45, 2.75) is 9.99 Å². The van der Waals surface area contributed by atoms with E-state index in [0.717, 1.165) is 5.56 Å². The summed E-state index contributed by atoms with van der Waals surface area (Å²) in [6, 6.07) is 20.8. The van der Waals surface area contributed by atoms with E-state index >= 15 is 0 Å². The van der Waals surface area contributed by atoms with Crippen molar-refractivity contribution in [3.05, 3.63) is 72.8 Å². The summed E-state index contributed by atoms with van der Waals surface area (Å²) >= 11 is 0. The molecule has 1 heterocycles. The lowest BCUT2D eigenvalue weighted by Crippen LogP contribution is -1.99. The second kappa shape index (κ2) is 4.98. The van der Waals surface area contributed by atoms with Crippen molar-refractivity contribution in [1.29, 1.82) is 0 Å². The van der Waals surface area contributed by atoms with Crippen LogP contribution >= 0.6 is 0 Å². The quantitative estimate of drug-likeness (QED) is 0.735. The maximum Gasteiger partial charge on any atom is 0.239 e. The average molecular weight is 284 g/mol. The molecule has 3 nitrogen and oxygen atoms in total. The van der Waals surface area contributed by atoms with Crippen LogP contribution in [-0.4, -0.2) is 8.42 Å². The van der Waals surface area contributed by atoms with Crippen LogP contribution in [-0.2, 0) is 9.84 Å². The first-order valence-electron chi connectivity index (χ1n) is 6.13. The van der Waals surface area contributed by atoms with Gasteiger partial charge in [0.25, 0.3) is 0 Å². The highest BCUT2D eigenvalue weighted by molar-refractivity contribution is 7.91. The Bertz CT molecular complexity index is 803. The van der Waals surface area contributed by atoms with E-state index in [9.17, 15) is 8.42 Å². The lowest BCUT2D eigenvalue weighted by molar-refractivity contribution is 0.461. The SMILES string of the molecule is O=S(=O)(c1ccccc1)c1ccc(-c2ccccc2)o1. The molecule has 0 atom stereocenters. The lowest BCUT2D eigenvalue weighted by Gasteiger charge is -2.00. The molecule has 2 aromatic carbocycles. The molecule has 4 heteroatoms. The molecular weight excluding hydrogens is 272 g/mol. The molecule has 0 spiro atoms. The molecule has 0 fully saturated rings. The van der Waals surface area contributed by atoms with Gasteiger partial charge in [-0.2, -0.15) is 0 Å². The highest BCUT2D eigenvalue weighted by atomic mass is 32.2. The molecule has 20 heavy (non-hydrogen) atoms. The molecule has 0 aliphatic carbocycles. The van der Waals surface area contributed by atoms with Gasteiger partial charge in [0.2, 0.25) is 14.9 Å². The Labute approximate surface area is 117 Å². The normalized spacial score (nSPS) is 11.4. The summed E-state index contributed by atoms with van der Waals surface area (Å²) in [6.07, 6.45) is 0. The van der Waals surface area contributed by atoms with Crippen molar-refractivity contribution in [2.24, 2.45) is 0 Å². The van der Waals surface area contributed by atoms with Crippen LogP contribution < -0.4 is 0 Å². The predicted molar refractivity (Wildman–Crippen MR) is 76.0 cm³/mol. The first kappa shape index (κ1) is 12.7. The molecule has 0 aliphatic heterocycles. The molecule has 1 aromatic heterocycles. The minimum Gasteiger partial charge on any atom is -0.444 e. The number of sulfone groups is 1. The van der Waals surface area contributed by atoms with E-state index in [1.807, 2.05) is 30.3 Å². The second-order valence-electron chi connectivity index (χ2n) is 4.30. The molecule has 0 aliphatic rings. The van der Waals surface area contributed by atoms with Crippen molar-refractivity contribution in [3.8, 4) is 11.3 Å². The zero-order valence-electron chi connectivity index (χ0n) is 10.6. The van der Waals surface area contributed by atoms with Crippen LogP contribution in [0.25, 0.3) is 11.3 Å². The minimum absolute atomic E-state index is 0.0393. The van der Waals surface area contributed by atoms with Gasteiger partial charge in [0.05, 0.1) is 4.90 Å². The third kappa shape index (κ3) is 2.26. The van der Waals surface area contributed by atoms with Crippen molar-refractivity contribution in [3.63, 3.8) is 0 Å². The first-order chi connectivity index (χ1) is 9.68. The van der Waals surface area contributed by atoms with E-state index in [4.69, 9.17) is 4.42 Å². The molecule has 100 valence electrons. The highest BCUT2D eigenvalue weighted by Crippen LogP contribution is 2.27. The molecule has 0 N–H and O–H groups in total. The van der Waals surface area contributed by atoms with E-state index in [1.54, 1.807) is 36.4 Å². The topological polar surface area (TPSA) is 47.3 Å². The van der Waals surface area contributed by atoms with Crippen LogP contribution in [0.4, 0.5) is 0 Å². The summed E-state index contributed by atoms with van der Waals surface area (Å²) in [6.45, 7) is 0. The molecule has 0 bridgehead atoms. The van der Waals surface area contributed by atoms with E-state index in [0.29, 0.717) is 5.76 Å². The summed E-state index contributed by atoms with van der Waals surface area (Å²) < 4.78 is 30.3. The standard InChI is InChI=1S/C16H12O3S/c17-20(18,14-9-5-2-6-10-14)16-12-11-15(19-16)13-7-3-1-4-8-13/h1-12H. The maximum absolute atomic E-state index is 12.4. The zero-order chi connectivity index (χ0) is 14.0. The van der Waals surface area contributed by atoms with Crippen molar-refractivity contribution in [1.82, 2.24) is 0 Å².